The Bertz CT molecular complexity index is 1820. The first kappa shape index (κ1) is 45.0. The Hall–Kier alpha value is 0.320. The van der Waals surface area contributed by atoms with Gasteiger partial charge >= 0.3 is 0 Å². The fraction of sp³-hybridized carbons (Fsp3) is 0.351. The fourth-order valence-electron chi connectivity index (χ4n) is 4.90. The van der Waals surface area contributed by atoms with Crippen molar-refractivity contribution < 1.29 is 29.2 Å². The van der Waals surface area contributed by atoms with Crippen molar-refractivity contribution in [1.82, 2.24) is 0 Å². The molecule has 282 valence electrons. The maximum Gasteiger partial charge on any atom is 0.147 e. The van der Waals surface area contributed by atoms with Crippen molar-refractivity contribution in [3.63, 3.8) is 0 Å². The molecule has 0 aromatic heterocycles. The van der Waals surface area contributed by atoms with Gasteiger partial charge in [-0.05, 0) is 198 Å². The molecule has 4 aromatic carbocycles. The van der Waals surface area contributed by atoms with Gasteiger partial charge in [0.25, 0.3) is 0 Å². The van der Waals surface area contributed by atoms with E-state index in [2.05, 4.69) is 178 Å². The van der Waals surface area contributed by atoms with Gasteiger partial charge in [0.05, 0.1) is 35.8 Å². The molecule has 4 aromatic rings. The van der Waals surface area contributed by atoms with Gasteiger partial charge in [-0.25, -0.2) is 0 Å². The van der Waals surface area contributed by atoms with E-state index in [0.717, 1.165) is 56.9 Å². The van der Waals surface area contributed by atoms with Crippen molar-refractivity contribution in [2.45, 2.75) is 57.7 Å². The van der Waals surface area contributed by atoms with Gasteiger partial charge in [-0.15, -0.1) is 0 Å². The zero-order chi connectivity index (χ0) is 38.7. The quantitative estimate of drug-likeness (QED) is 0.131. The molecule has 0 heterocycles. The highest BCUT2D eigenvalue weighted by atomic mass is 79.9. The lowest BCUT2D eigenvalue weighted by molar-refractivity contribution is 0.0615. The highest BCUT2D eigenvalue weighted by molar-refractivity contribution is 9.12. The smallest absolute Gasteiger partial charge is 0.147 e. The molecule has 0 aliphatic carbocycles. The summed E-state index contributed by atoms with van der Waals surface area (Å²) in [5.41, 5.74) is 2.73. The van der Waals surface area contributed by atoms with Gasteiger partial charge in [0.15, 0.2) is 0 Å². The molecule has 0 aliphatic heterocycles. The van der Waals surface area contributed by atoms with Crippen LogP contribution in [0.4, 0.5) is 0 Å². The Balaban J connectivity index is 1.38. The number of hydrogen-bond donors (Lipinski definition) is 2. The first-order valence-corrected chi connectivity index (χ1v) is 22.8. The summed E-state index contributed by atoms with van der Waals surface area (Å²) in [7, 11) is 0. The number of rotatable bonds is 14. The molecule has 2 unspecified atom stereocenters. The SMILES string of the molecule is CC(C)(C)c1cc(Br)c(OCC(O)COc2c(Br)cc(C(C)(C)c3cc(Br)c(OCC(O)COc4c(Br)cc(Br)cc4Br)c(Br)c3)cc2Br)c(Br)c1. The lowest BCUT2D eigenvalue weighted by Gasteiger charge is -2.28. The lowest BCUT2D eigenvalue weighted by atomic mass is 9.78. The van der Waals surface area contributed by atoms with Crippen LogP contribution in [0.1, 0.15) is 51.3 Å². The molecule has 0 bridgehead atoms. The van der Waals surface area contributed by atoms with Crippen molar-refractivity contribution in [1.29, 1.82) is 0 Å². The van der Waals surface area contributed by atoms with Crippen LogP contribution in [0, 0.1) is 0 Å². The van der Waals surface area contributed by atoms with Crippen molar-refractivity contribution in [2.24, 2.45) is 0 Å². The van der Waals surface area contributed by atoms with E-state index in [1.165, 1.54) is 0 Å². The minimum absolute atomic E-state index is 0.0180. The second kappa shape index (κ2) is 19.2. The van der Waals surface area contributed by atoms with Crippen LogP contribution in [0.2, 0.25) is 0 Å². The third kappa shape index (κ3) is 11.7. The second-order valence-electron chi connectivity index (χ2n) is 13.4. The first-order chi connectivity index (χ1) is 24.2. The molecule has 0 spiro atoms. The minimum atomic E-state index is -0.879. The summed E-state index contributed by atoms with van der Waals surface area (Å²) in [4.78, 5) is 0. The van der Waals surface area contributed by atoms with Gasteiger partial charge < -0.3 is 29.2 Å². The molecular formula is C37H35Br9O6. The summed E-state index contributed by atoms with van der Waals surface area (Å²) in [6.45, 7) is 10.8. The third-order valence-electron chi connectivity index (χ3n) is 7.95. The zero-order valence-electron chi connectivity index (χ0n) is 28.5. The van der Waals surface area contributed by atoms with Crippen molar-refractivity contribution in [2.75, 3.05) is 26.4 Å². The molecule has 0 amide bonds. The maximum atomic E-state index is 10.7. The van der Waals surface area contributed by atoms with Gasteiger partial charge in [-0.3, -0.25) is 0 Å². The summed E-state index contributed by atoms with van der Waals surface area (Å²) in [6.07, 6.45) is -1.76. The summed E-state index contributed by atoms with van der Waals surface area (Å²) in [6, 6.07) is 15.9. The third-order valence-corrected chi connectivity index (χ3v) is 13.1. The molecule has 6 nitrogen and oxygen atoms in total. The van der Waals surface area contributed by atoms with Gasteiger partial charge in [0.1, 0.15) is 61.6 Å². The molecular weight excluding hydrogens is 1260 g/mol. The van der Waals surface area contributed by atoms with Gasteiger partial charge in [-0.2, -0.15) is 0 Å². The van der Waals surface area contributed by atoms with Crippen molar-refractivity contribution in [3.8, 4) is 23.0 Å². The molecule has 0 saturated heterocycles. The summed E-state index contributed by atoms with van der Waals surface area (Å²) in [5.74, 6) is 2.36. The highest BCUT2D eigenvalue weighted by Gasteiger charge is 2.28. The van der Waals surface area contributed by atoms with Gasteiger partial charge in [0.2, 0.25) is 0 Å². The number of benzene rings is 4. The van der Waals surface area contributed by atoms with Crippen LogP contribution >= 0.6 is 143 Å². The molecule has 0 fully saturated rings. The lowest BCUT2D eigenvalue weighted by Crippen LogP contribution is -2.26. The van der Waals surface area contributed by atoms with E-state index in [9.17, 15) is 10.2 Å². The molecule has 15 heteroatoms. The van der Waals surface area contributed by atoms with Crippen molar-refractivity contribution in [3.05, 3.63) is 105 Å². The van der Waals surface area contributed by atoms with E-state index in [4.69, 9.17) is 18.9 Å². The van der Waals surface area contributed by atoms with E-state index >= 15 is 0 Å². The van der Waals surface area contributed by atoms with Crippen LogP contribution in [0.25, 0.3) is 0 Å². The van der Waals surface area contributed by atoms with Crippen LogP contribution < -0.4 is 18.9 Å². The molecule has 52 heavy (non-hydrogen) atoms. The number of ether oxygens (including phenoxy) is 4. The monoisotopic (exact) mass is 1290 g/mol. The van der Waals surface area contributed by atoms with E-state index in [1.807, 2.05) is 48.5 Å². The Morgan fingerprint density at radius 3 is 0.904 bits per heavy atom. The average molecular weight is 1290 g/mol. The molecule has 2 N–H and O–H groups in total. The summed E-state index contributed by atoms with van der Waals surface area (Å²) >= 11 is 32.3. The molecule has 0 radical (unpaired) electrons. The van der Waals surface area contributed by atoms with E-state index < -0.39 is 17.6 Å². The number of aliphatic hydroxyl groups excluding tert-OH is 2. The molecule has 4 rings (SSSR count). The summed E-state index contributed by atoms with van der Waals surface area (Å²) in [5, 5.41) is 21.4. The summed E-state index contributed by atoms with van der Waals surface area (Å²) < 4.78 is 30.8. The molecule has 0 saturated carbocycles. The average Bonchev–Trinajstić information content (AvgIpc) is 3.02. The maximum absolute atomic E-state index is 10.7. The van der Waals surface area contributed by atoms with Crippen LogP contribution in [0.5, 0.6) is 23.0 Å². The normalized spacial score (nSPS) is 13.2. The first-order valence-electron chi connectivity index (χ1n) is 15.7. The largest absolute Gasteiger partial charge is 0.488 e. The second-order valence-corrected chi connectivity index (χ2v) is 21.2. The van der Waals surface area contributed by atoms with Crippen LogP contribution in [-0.4, -0.2) is 48.8 Å². The minimum Gasteiger partial charge on any atom is -0.488 e. The highest BCUT2D eigenvalue weighted by Crippen LogP contribution is 2.45. The predicted molar refractivity (Wildman–Crippen MR) is 240 cm³/mol. The van der Waals surface area contributed by atoms with E-state index in [1.54, 1.807) is 0 Å². The van der Waals surface area contributed by atoms with Crippen LogP contribution in [0.3, 0.4) is 0 Å². The Labute approximate surface area is 380 Å². The fourth-order valence-corrected chi connectivity index (χ4v) is 11.6. The standard InChI is InChI=1S/C37H35Br9O6/c1-36(2,3)18-6-24(39)32(25(40)7-18)49-14-22(47)15-50-33-26(41)8-19(9-27(33)42)37(4,5)20-10-28(43)34(29(44)11-20)51-16-23(48)17-52-35-30(45)12-21(38)13-31(35)46/h6-13,22-23,47-48H,14-17H2,1-5H3. The molecule has 0 aliphatic rings. The van der Waals surface area contributed by atoms with Gasteiger partial charge in [0, 0.05) is 9.89 Å². The Morgan fingerprint density at radius 2 is 0.654 bits per heavy atom. The van der Waals surface area contributed by atoms with E-state index in [-0.39, 0.29) is 31.8 Å². The molecule has 2 atom stereocenters. The predicted octanol–water partition coefficient (Wildman–Crippen LogP) is 13.8. The number of aliphatic hydroxyl groups is 2. The van der Waals surface area contributed by atoms with Crippen LogP contribution in [0.15, 0.2) is 88.8 Å². The Morgan fingerprint density at radius 1 is 0.423 bits per heavy atom. The van der Waals surface area contributed by atoms with E-state index in [0.29, 0.717) is 23.0 Å². The Kier molecular flexibility index (Phi) is 16.6. The van der Waals surface area contributed by atoms with Crippen LogP contribution in [-0.2, 0) is 10.8 Å². The topological polar surface area (TPSA) is 77.4 Å². The zero-order valence-corrected chi connectivity index (χ0v) is 42.8. The number of halogens is 9. The van der Waals surface area contributed by atoms with Crippen molar-refractivity contribution >= 4 is 143 Å². The number of hydrogen-bond acceptors (Lipinski definition) is 6. The van der Waals surface area contributed by atoms with Gasteiger partial charge in [-0.1, -0.05) is 50.5 Å².